The molecular formula is C61H108Cl2N10O19P2. The zero-order chi connectivity index (χ0) is 86.6. The van der Waals surface area contributed by atoms with Crippen molar-refractivity contribution < 1.29 is 111 Å². The van der Waals surface area contributed by atoms with Crippen molar-refractivity contribution in [3.63, 3.8) is 0 Å². The van der Waals surface area contributed by atoms with Crippen molar-refractivity contribution in [3.8, 4) is 11.5 Å². The lowest BCUT2D eigenvalue weighted by Crippen LogP contribution is -2.39. The second-order valence-electron chi connectivity index (χ2n) is 26.2. The normalized spacial score (nSPS) is 16.5. The Kier molecular flexibility index (Phi) is 32.6. The quantitative estimate of drug-likeness (QED) is 0.0135. The van der Waals surface area contributed by atoms with Gasteiger partial charge in [0.05, 0.1) is 51.2 Å². The predicted octanol–water partition coefficient (Wildman–Crippen LogP) is 10.6. The summed E-state index contributed by atoms with van der Waals surface area (Å²) in [5.74, 6) is -4.03. The Bertz CT molecular complexity index is 3280. The molecular weight excluding hydrogens is 1310 g/mol. The number of ether oxygens (including phenoxy) is 6. The number of guanidine groups is 2. The fourth-order valence-corrected chi connectivity index (χ4v) is 6.20. The van der Waals surface area contributed by atoms with E-state index in [0.717, 1.165) is 7.11 Å². The Morgan fingerprint density at radius 2 is 1.11 bits per heavy atom. The molecule has 1 atom stereocenters. The van der Waals surface area contributed by atoms with Crippen LogP contribution in [0.25, 0.3) is 4.95 Å². The van der Waals surface area contributed by atoms with Gasteiger partial charge in [-0.25, -0.2) is 24.2 Å². The number of oxime groups is 1. The van der Waals surface area contributed by atoms with Gasteiger partial charge in [0, 0.05) is 66.5 Å². The number of hydrogen-bond donors (Lipinski definition) is 5. The highest BCUT2D eigenvalue weighted by Crippen LogP contribution is 2.57. The van der Waals surface area contributed by atoms with Gasteiger partial charge in [0.1, 0.15) is 36.7 Å². The van der Waals surface area contributed by atoms with Crippen LogP contribution in [0.4, 0.5) is 4.79 Å². The van der Waals surface area contributed by atoms with Crippen LogP contribution in [0.1, 0.15) is 145 Å². The molecule has 29 nitrogen and oxygen atoms in total. The number of amides is 1. The topological polar surface area (TPSA) is 352 Å². The summed E-state index contributed by atoms with van der Waals surface area (Å²) in [7, 11) is -2.92. The molecule has 0 fully saturated rings. The van der Waals surface area contributed by atoms with E-state index in [4.69, 9.17) is 98.5 Å². The number of esters is 5. The molecule has 1 aliphatic rings. The number of likely N-dealkylation sites (N-methyl/N-ethyl adjacent to an activating group) is 5. The summed E-state index contributed by atoms with van der Waals surface area (Å²) in [5.41, 5.74) is 5.84. The first-order valence-corrected chi connectivity index (χ1v) is 32.9. The highest BCUT2D eigenvalue weighted by atomic mass is 35.9. The van der Waals surface area contributed by atoms with E-state index in [9.17, 15) is 37.9 Å². The zero-order valence-corrected chi connectivity index (χ0v) is 60.3. The lowest BCUT2D eigenvalue weighted by molar-refractivity contribution is -0.147. The van der Waals surface area contributed by atoms with Gasteiger partial charge in [0.15, 0.2) is 6.54 Å². The third-order valence-electron chi connectivity index (χ3n) is 8.50. The highest BCUT2D eigenvalue weighted by molar-refractivity contribution is 8.05. The van der Waals surface area contributed by atoms with E-state index in [1.54, 1.807) is 81.4 Å². The van der Waals surface area contributed by atoms with Crippen LogP contribution in [0.2, 0.25) is 0 Å². The molecule has 0 aromatic heterocycles. The highest BCUT2D eigenvalue weighted by Gasteiger charge is 2.36. The van der Waals surface area contributed by atoms with Crippen molar-refractivity contribution in [1.29, 1.82) is 0 Å². The second kappa shape index (κ2) is 45.6. The second-order valence-corrected chi connectivity index (χ2v) is 31.9. The molecule has 94 heavy (non-hydrogen) atoms. The minimum absolute atomic E-state index is 0.0972. The summed E-state index contributed by atoms with van der Waals surface area (Å²) in [4.78, 5) is 72.6. The lowest BCUT2D eigenvalue weighted by Gasteiger charge is -2.23. The van der Waals surface area contributed by atoms with Gasteiger partial charge in [-0.05, 0) is 79.1 Å². The first-order chi connectivity index (χ1) is 48.6. The maximum atomic E-state index is 12.5. The molecule has 0 bridgehead atoms. The van der Waals surface area contributed by atoms with E-state index in [2.05, 4.69) is 34.9 Å². The van der Waals surface area contributed by atoms with Crippen LogP contribution in [-0.4, -0.2) is 191 Å². The number of nitrogens with zero attached hydrogens (tertiary/aromatic N) is 7. The molecule has 33 heteroatoms. The number of rotatable bonds is 18. The Morgan fingerprint density at radius 1 is 0.681 bits per heavy atom. The van der Waals surface area contributed by atoms with E-state index in [0.29, 0.717) is 25.5 Å². The third kappa shape index (κ3) is 61.4. The Balaban J connectivity index is -0.000000610. The van der Waals surface area contributed by atoms with Crippen LogP contribution in [0.3, 0.4) is 0 Å². The molecule has 1 amide bonds. The molecule has 1 heterocycles. The number of carbonyl (C=O) groups is 6. The molecule has 0 saturated heterocycles. The molecule has 1 unspecified atom stereocenters. The van der Waals surface area contributed by atoms with Crippen LogP contribution in [0.15, 0.2) is 70.6 Å². The molecule has 540 valence electrons. The minimum Gasteiger partial charge on any atom is -0.468 e. The summed E-state index contributed by atoms with van der Waals surface area (Å²) in [6, 6.07) is 16.7. The number of nitrogens with one attached hydrogen (secondary N) is 2. The number of methoxy groups -OCH3 is 1. The van der Waals surface area contributed by atoms with Crippen molar-refractivity contribution in [2.75, 3.05) is 108 Å². The van der Waals surface area contributed by atoms with Gasteiger partial charge < -0.3 is 73.5 Å². The van der Waals surface area contributed by atoms with Gasteiger partial charge in [-0.1, -0.05) is 145 Å². The minimum atomic E-state index is -4.02. The van der Waals surface area contributed by atoms with Gasteiger partial charge in [-0.15, -0.1) is 9.77 Å². The van der Waals surface area contributed by atoms with Crippen molar-refractivity contribution in [2.45, 2.75) is 130 Å². The van der Waals surface area contributed by atoms with Crippen LogP contribution < -0.4 is 25.6 Å². The summed E-state index contributed by atoms with van der Waals surface area (Å²) < 4.78 is 178. The smallest absolute Gasteiger partial charge is 0.468 e. The van der Waals surface area contributed by atoms with E-state index < -0.39 is 128 Å². The molecule has 6 N–H and O–H groups in total. The molecule has 0 aliphatic carbocycles. The molecule has 3 rings (SSSR count). The lowest BCUT2D eigenvalue weighted by atomic mass is 9.99. The van der Waals surface area contributed by atoms with Crippen LogP contribution in [-0.2, 0) is 66.1 Å². The maximum absolute atomic E-state index is 12.5. The van der Waals surface area contributed by atoms with Crippen molar-refractivity contribution in [2.24, 2.45) is 42.7 Å². The fraction of sp³-hybridized carbons (Fsp3) is 0.656. The average Bonchev–Trinajstić information content (AvgIpc) is 1.66. The average molecular weight is 1430 g/mol. The van der Waals surface area contributed by atoms with Gasteiger partial charge in [0.25, 0.3) is 0 Å². The summed E-state index contributed by atoms with van der Waals surface area (Å²) in [6.45, 7) is 25.3. The number of aliphatic hydroxyl groups is 1. The maximum Gasteiger partial charge on any atom is 0.532 e. The molecule has 0 radical (unpaired) electrons. The molecule has 0 saturated carbocycles. The Morgan fingerprint density at radius 3 is 1.47 bits per heavy atom. The monoisotopic (exact) mass is 1430 g/mol. The van der Waals surface area contributed by atoms with E-state index >= 15 is 0 Å². The standard InChI is InChI=1S/C15H22N3O5P.C9H19N3O3.C9H16N2O2.C9H17NO4.C8H17NO2.C6H5Cl2O2P.C5H12O/c1-15(2,3)11-21-13(19)10-18(4)14-16-23-24(20,17-14)22-12-8-6-5-7-9-12;1-9(2,3)6-15-7(13)5-12(4)8(10)11-14;1-9(2,3)7-13-8(12)6-11(5)10-4;1-9(2,3)14-8(12)10(4)6-7(11)13-5;1-8(2,3)6-11-7(10)5-9-4;7-11(8,9)10-6-4-2-1-3-5-6;1-5(2,3)4-6/h5-9H,10-11H2,1-4H3,(H,16,17,20);14H,5-6H2,1-4H3,(H2,10,11);6-7H2,1-3,5H3;6H2,1-5H3;9H,5-6H2,1-4H3;1-5H;6H,4H2,1-3H3/i2*4D3;5D3;2*4D3;;. The third-order valence-corrected chi connectivity index (χ3v) is 10.5. The predicted molar refractivity (Wildman–Crippen MR) is 364 cm³/mol. The molecule has 0 spiro atoms. The van der Waals surface area contributed by atoms with Gasteiger partial charge in [0.2, 0.25) is 11.9 Å². The summed E-state index contributed by atoms with van der Waals surface area (Å²) in [6.07, 6.45) is -4.52. The largest absolute Gasteiger partial charge is 0.532 e. The van der Waals surface area contributed by atoms with Crippen molar-refractivity contribution in [1.82, 2.24) is 30.5 Å². The van der Waals surface area contributed by atoms with Crippen LogP contribution in [0, 0.1) is 33.6 Å². The Labute approximate surface area is 588 Å². The van der Waals surface area contributed by atoms with E-state index in [1.807, 2.05) is 104 Å². The Hall–Kier alpha value is -6.79. The fourth-order valence-electron chi connectivity index (χ4n) is 4.27. The van der Waals surface area contributed by atoms with E-state index in [-0.39, 0.29) is 72.4 Å². The SMILES string of the molecule is CC(C)(C)CO.O=P(Cl)(Cl)Oc1ccccc1.[2H]C([2H])([2H])N(CC(=O)OC)C(=O)OC(C)(C)C.[2H]C([2H])([2H])N(CC(=O)OCC(C)(C)C)/C(N)=N/O.[2H]C([2H])([2H])N(CC(=O)OCC(C)(C)C)C1=NP(=O)(Oc2ccccc2)ON1.[2H]C([2H])([2H])N(CC(=O)OCC(C)(C)C)[N+]#[C-].[2H]C([2H])([2H])NCC(=O)OCC(C)(C)C. The number of carbonyl (C=O) groups excluding carboxylic acids is 6. The number of halogens is 2. The number of aliphatic hydroxyl groups excluding tert-OH is 1. The molecule has 1 aliphatic heterocycles. The number of hydrogen-bond acceptors (Lipinski definition) is 24. The first kappa shape index (κ1) is 67.2. The van der Waals surface area contributed by atoms with Crippen molar-refractivity contribution in [3.05, 3.63) is 72.2 Å². The molecule has 2 aromatic carbocycles. The van der Waals surface area contributed by atoms with Gasteiger partial charge in [-0.2, -0.15) is 16.2 Å². The van der Waals surface area contributed by atoms with Crippen LogP contribution >= 0.6 is 36.3 Å². The number of hydroxylamine groups is 1. The number of nitrogens with two attached hydrogens (primary N) is 1. The number of benzene rings is 2. The molecule has 2 aromatic rings. The van der Waals surface area contributed by atoms with Crippen molar-refractivity contribution >= 4 is 84.2 Å². The first-order valence-electron chi connectivity index (χ1n) is 35.5. The van der Waals surface area contributed by atoms with Gasteiger partial charge in [-0.3, -0.25) is 19.2 Å². The number of para-hydroxylation sites is 2. The zero-order valence-electron chi connectivity index (χ0n) is 72.0. The van der Waals surface area contributed by atoms with Crippen LogP contribution in [0.5, 0.6) is 11.5 Å². The summed E-state index contributed by atoms with van der Waals surface area (Å²) >= 11 is 10.3. The van der Waals surface area contributed by atoms with E-state index in [1.165, 1.54) is 0 Å². The summed E-state index contributed by atoms with van der Waals surface area (Å²) in [5, 5.41) is 21.9. The van der Waals surface area contributed by atoms with Gasteiger partial charge >= 0.3 is 49.8 Å².